The van der Waals surface area contributed by atoms with E-state index in [1.54, 1.807) is 0 Å². The average Bonchev–Trinajstić information content (AvgIpc) is 2.41. The minimum Gasteiger partial charge on any atom is -0.342 e. The molecular formula is C10H16Y-2. The predicted octanol–water partition coefficient (Wildman–Crippen LogP) is 2.70. The Morgan fingerprint density at radius 2 is 1.82 bits per heavy atom. The molecule has 0 heterocycles. The summed E-state index contributed by atoms with van der Waals surface area (Å²) in [4.78, 5) is 0. The Labute approximate surface area is 95.4 Å². The van der Waals surface area contributed by atoms with Crippen LogP contribution < -0.4 is 0 Å². The van der Waals surface area contributed by atoms with E-state index in [-0.39, 0.29) is 32.7 Å². The molecule has 0 aromatic heterocycles. The Bertz CT molecular complexity index is 131. The molecule has 4 unspecified atom stereocenters. The van der Waals surface area contributed by atoms with Gasteiger partial charge in [-0.25, -0.2) is 0 Å². The van der Waals surface area contributed by atoms with Gasteiger partial charge in [-0.2, -0.15) is 11.8 Å². The minimum absolute atomic E-state index is 0. The first kappa shape index (κ1) is 10.2. The molecule has 2 aliphatic rings. The van der Waals surface area contributed by atoms with Crippen molar-refractivity contribution in [3.8, 4) is 0 Å². The van der Waals surface area contributed by atoms with Gasteiger partial charge < -0.3 is 13.8 Å². The summed E-state index contributed by atoms with van der Waals surface area (Å²) in [5.74, 6) is 3.29. The summed E-state index contributed by atoms with van der Waals surface area (Å²) in [5, 5.41) is 0. The third kappa shape index (κ3) is 1.72. The zero-order valence-corrected chi connectivity index (χ0v) is 9.97. The molecule has 2 saturated carbocycles. The summed E-state index contributed by atoms with van der Waals surface area (Å²) in [6.07, 6.45) is 5.71. The summed E-state index contributed by atoms with van der Waals surface area (Å²) in [5.41, 5.74) is 0. The third-order valence-corrected chi connectivity index (χ3v) is 3.48. The quantitative estimate of drug-likeness (QED) is 0.556. The van der Waals surface area contributed by atoms with Crippen molar-refractivity contribution >= 4 is 0 Å². The van der Waals surface area contributed by atoms with Crippen LogP contribution in [0.4, 0.5) is 0 Å². The molecule has 0 amide bonds. The molecular weight excluding hydrogens is 209 g/mol. The van der Waals surface area contributed by atoms with Gasteiger partial charge in [0.2, 0.25) is 0 Å². The fourth-order valence-corrected chi connectivity index (χ4v) is 2.84. The summed E-state index contributed by atoms with van der Waals surface area (Å²) >= 11 is 0. The molecule has 2 aliphatic carbocycles. The number of hydrogen-bond donors (Lipinski definition) is 0. The molecule has 2 fully saturated rings. The molecule has 0 saturated heterocycles. The molecule has 1 heteroatoms. The van der Waals surface area contributed by atoms with Gasteiger partial charge in [0.25, 0.3) is 0 Å². The Morgan fingerprint density at radius 1 is 1.09 bits per heavy atom. The second-order valence-corrected chi connectivity index (χ2v) is 4.01. The zero-order valence-electron chi connectivity index (χ0n) is 7.13. The van der Waals surface area contributed by atoms with Crippen LogP contribution in [-0.2, 0) is 32.7 Å². The van der Waals surface area contributed by atoms with Gasteiger partial charge in [0.15, 0.2) is 0 Å². The fraction of sp³-hybridized carbons (Fsp3) is 0.800. The SMILES string of the molecule is [CH2-]C1CC2CCCC2C1[CH2-].[Y]. The maximum absolute atomic E-state index is 4.20. The predicted molar refractivity (Wildman–Crippen MR) is 43.1 cm³/mol. The van der Waals surface area contributed by atoms with Crippen LogP contribution in [0.3, 0.4) is 0 Å². The number of rotatable bonds is 0. The van der Waals surface area contributed by atoms with Crippen molar-refractivity contribution < 1.29 is 32.7 Å². The first-order valence-corrected chi connectivity index (χ1v) is 4.45. The first-order chi connectivity index (χ1) is 4.79. The van der Waals surface area contributed by atoms with E-state index in [1.165, 1.54) is 25.7 Å². The van der Waals surface area contributed by atoms with E-state index in [4.69, 9.17) is 0 Å². The van der Waals surface area contributed by atoms with Crippen molar-refractivity contribution in [1.82, 2.24) is 0 Å². The molecule has 0 nitrogen and oxygen atoms in total. The summed E-state index contributed by atoms with van der Waals surface area (Å²) in [7, 11) is 0. The molecule has 61 valence electrons. The van der Waals surface area contributed by atoms with Crippen LogP contribution in [-0.4, -0.2) is 0 Å². The van der Waals surface area contributed by atoms with E-state index in [2.05, 4.69) is 13.8 Å². The number of hydrogen-bond acceptors (Lipinski definition) is 0. The monoisotopic (exact) mass is 225 g/mol. The topological polar surface area (TPSA) is 0 Å². The van der Waals surface area contributed by atoms with E-state index in [0.717, 1.165) is 11.8 Å². The maximum atomic E-state index is 4.20. The van der Waals surface area contributed by atoms with Crippen molar-refractivity contribution in [3.63, 3.8) is 0 Å². The van der Waals surface area contributed by atoms with Gasteiger partial charge in [-0.05, 0) is 5.92 Å². The van der Waals surface area contributed by atoms with Gasteiger partial charge in [0, 0.05) is 32.7 Å². The molecule has 0 aromatic carbocycles. The van der Waals surface area contributed by atoms with Crippen LogP contribution in [0.1, 0.15) is 25.7 Å². The molecule has 4 atom stereocenters. The van der Waals surface area contributed by atoms with Gasteiger partial charge in [-0.1, -0.05) is 31.6 Å². The van der Waals surface area contributed by atoms with Gasteiger partial charge in [0.05, 0.1) is 0 Å². The van der Waals surface area contributed by atoms with E-state index in [9.17, 15) is 0 Å². The summed E-state index contributed by atoms with van der Waals surface area (Å²) in [6, 6.07) is 0. The standard InChI is InChI=1S/C10H16.Y/c1-7-6-9-4-3-5-10(9)8(7)2;/h7-10H,1-6H2;/q-2;. The van der Waals surface area contributed by atoms with Crippen molar-refractivity contribution in [2.75, 3.05) is 0 Å². The molecule has 0 bridgehead atoms. The van der Waals surface area contributed by atoms with Crippen LogP contribution in [0.5, 0.6) is 0 Å². The van der Waals surface area contributed by atoms with Crippen LogP contribution in [0.15, 0.2) is 0 Å². The van der Waals surface area contributed by atoms with E-state index in [0.29, 0.717) is 11.8 Å². The summed E-state index contributed by atoms with van der Waals surface area (Å²) in [6.45, 7) is 8.34. The molecule has 2 rings (SSSR count). The Morgan fingerprint density at radius 3 is 2.45 bits per heavy atom. The Hall–Kier alpha value is 1.10. The smallest absolute Gasteiger partial charge is 0 e. The molecule has 0 aromatic rings. The maximum Gasteiger partial charge on any atom is 0 e. The molecule has 1 radical (unpaired) electrons. The van der Waals surface area contributed by atoms with Crippen LogP contribution in [0.2, 0.25) is 0 Å². The van der Waals surface area contributed by atoms with E-state index in [1.807, 2.05) is 0 Å². The van der Waals surface area contributed by atoms with Crippen molar-refractivity contribution in [1.29, 1.82) is 0 Å². The third-order valence-electron chi connectivity index (χ3n) is 3.48. The number of fused-ring (bicyclic) bond motifs is 1. The van der Waals surface area contributed by atoms with Gasteiger partial charge >= 0.3 is 0 Å². The van der Waals surface area contributed by atoms with Crippen LogP contribution >= 0.6 is 0 Å². The second kappa shape index (κ2) is 3.87. The summed E-state index contributed by atoms with van der Waals surface area (Å²) < 4.78 is 0. The Balaban J connectivity index is 0.000000605. The van der Waals surface area contributed by atoms with Crippen LogP contribution in [0, 0.1) is 37.5 Å². The van der Waals surface area contributed by atoms with E-state index < -0.39 is 0 Å². The fourth-order valence-electron chi connectivity index (χ4n) is 2.84. The zero-order chi connectivity index (χ0) is 7.14. The largest absolute Gasteiger partial charge is 0.342 e. The molecule has 0 aliphatic heterocycles. The van der Waals surface area contributed by atoms with Crippen molar-refractivity contribution in [3.05, 3.63) is 13.8 Å². The normalized spacial score (nSPS) is 48.5. The second-order valence-electron chi connectivity index (χ2n) is 4.01. The van der Waals surface area contributed by atoms with Gasteiger partial charge in [-0.15, -0.1) is 0 Å². The minimum atomic E-state index is 0. The molecule has 11 heavy (non-hydrogen) atoms. The van der Waals surface area contributed by atoms with Gasteiger partial charge in [0.1, 0.15) is 0 Å². The van der Waals surface area contributed by atoms with Gasteiger partial charge in [-0.3, -0.25) is 0 Å². The van der Waals surface area contributed by atoms with Crippen LogP contribution in [0.25, 0.3) is 0 Å². The average molecular weight is 225 g/mol. The van der Waals surface area contributed by atoms with E-state index >= 15 is 0 Å². The van der Waals surface area contributed by atoms with Crippen molar-refractivity contribution in [2.45, 2.75) is 25.7 Å². The molecule has 0 N–H and O–H groups in total. The molecule has 0 spiro atoms. The first-order valence-electron chi connectivity index (χ1n) is 4.45. The Kier molecular flexibility index (Phi) is 3.59. The van der Waals surface area contributed by atoms with Crippen molar-refractivity contribution in [2.24, 2.45) is 23.7 Å².